The number of benzene rings is 1. The number of amides is 1. The Labute approximate surface area is 113 Å². The second-order valence-corrected chi connectivity index (χ2v) is 4.77. The lowest BCUT2D eigenvalue weighted by molar-refractivity contribution is 0.0950. The van der Waals surface area contributed by atoms with Gasteiger partial charge in [0.1, 0.15) is 5.82 Å². The van der Waals surface area contributed by atoms with Gasteiger partial charge in [-0.15, -0.1) is 0 Å². The highest BCUT2D eigenvalue weighted by atomic mass is 32.1. The largest absolute Gasteiger partial charge is 0.454 e. The number of fused-ring (bicyclic) bond motifs is 1. The van der Waals surface area contributed by atoms with Crippen molar-refractivity contribution < 1.29 is 14.3 Å². The van der Waals surface area contributed by atoms with Crippen LogP contribution in [0.5, 0.6) is 11.5 Å². The van der Waals surface area contributed by atoms with Gasteiger partial charge in [-0.25, -0.2) is 4.98 Å². The van der Waals surface area contributed by atoms with Crippen LogP contribution in [0.15, 0.2) is 18.2 Å². The summed E-state index contributed by atoms with van der Waals surface area (Å²) in [7, 11) is 0. The lowest BCUT2D eigenvalue weighted by Gasteiger charge is -2.04. The van der Waals surface area contributed by atoms with E-state index in [-0.39, 0.29) is 12.7 Å². The highest BCUT2D eigenvalue weighted by molar-refractivity contribution is 7.07. The van der Waals surface area contributed by atoms with Crippen molar-refractivity contribution in [1.82, 2.24) is 14.7 Å². The second kappa shape index (κ2) is 4.85. The quantitative estimate of drug-likeness (QED) is 0.920. The first-order chi connectivity index (χ1) is 9.22. The normalized spacial score (nSPS) is 12.5. The number of nitrogens with zero attached hydrogens (tertiary/aromatic N) is 2. The van der Waals surface area contributed by atoms with E-state index < -0.39 is 0 Å². The lowest BCUT2D eigenvalue weighted by Crippen LogP contribution is -2.22. The van der Waals surface area contributed by atoms with Crippen molar-refractivity contribution in [2.24, 2.45) is 0 Å². The smallest absolute Gasteiger partial charge is 0.282 e. The van der Waals surface area contributed by atoms with Gasteiger partial charge in [-0.2, -0.15) is 4.37 Å². The van der Waals surface area contributed by atoms with E-state index in [9.17, 15) is 4.79 Å². The number of rotatable bonds is 3. The van der Waals surface area contributed by atoms with Crippen molar-refractivity contribution in [3.63, 3.8) is 0 Å². The fourth-order valence-corrected chi connectivity index (χ4v) is 2.29. The van der Waals surface area contributed by atoms with Crippen molar-refractivity contribution in [3.8, 4) is 11.5 Å². The van der Waals surface area contributed by atoms with E-state index in [1.54, 1.807) is 6.92 Å². The molecule has 0 unspecified atom stereocenters. The number of aromatic nitrogens is 2. The van der Waals surface area contributed by atoms with Crippen molar-refractivity contribution >= 4 is 17.4 Å². The molecule has 1 aliphatic rings. The zero-order valence-corrected chi connectivity index (χ0v) is 11.0. The number of hydrogen-bond donors (Lipinski definition) is 1. The van der Waals surface area contributed by atoms with Crippen LogP contribution in [0.1, 0.15) is 21.2 Å². The maximum atomic E-state index is 11.8. The molecule has 2 aromatic rings. The summed E-state index contributed by atoms with van der Waals surface area (Å²) in [6.07, 6.45) is 0. The molecule has 1 aliphatic heterocycles. The summed E-state index contributed by atoms with van der Waals surface area (Å²) in [5.74, 6) is 1.83. The third-order valence-electron chi connectivity index (χ3n) is 2.61. The number of carbonyl (C=O) groups is 1. The van der Waals surface area contributed by atoms with E-state index in [1.165, 1.54) is 0 Å². The van der Waals surface area contributed by atoms with Crippen LogP contribution >= 0.6 is 11.5 Å². The molecule has 1 N–H and O–H groups in total. The molecule has 1 amide bonds. The summed E-state index contributed by atoms with van der Waals surface area (Å²) < 4.78 is 14.5. The summed E-state index contributed by atoms with van der Waals surface area (Å²) in [5.41, 5.74) is 0.943. The van der Waals surface area contributed by atoms with Crippen LogP contribution in [0.3, 0.4) is 0 Å². The average Bonchev–Trinajstić information content (AvgIpc) is 3.03. The fraction of sp³-hybridized carbons (Fsp3) is 0.250. The Morgan fingerprint density at radius 3 is 3.05 bits per heavy atom. The molecule has 1 aromatic heterocycles. The average molecular weight is 277 g/mol. The molecule has 98 valence electrons. The van der Waals surface area contributed by atoms with Crippen LogP contribution in [0.4, 0.5) is 0 Å². The summed E-state index contributed by atoms with van der Waals surface area (Å²) >= 11 is 1.10. The second-order valence-electron chi connectivity index (χ2n) is 4.02. The number of ether oxygens (including phenoxy) is 2. The fourth-order valence-electron chi connectivity index (χ4n) is 1.70. The van der Waals surface area contributed by atoms with Gasteiger partial charge in [0.2, 0.25) is 11.8 Å². The third kappa shape index (κ3) is 2.50. The van der Waals surface area contributed by atoms with Gasteiger partial charge in [0.15, 0.2) is 11.5 Å². The minimum absolute atomic E-state index is 0.219. The van der Waals surface area contributed by atoms with E-state index in [1.807, 2.05) is 18.2 Å². The van der Waals surface area contributed by atoms with E-state index in [2.05, 4.69) is 14.7 Å². The molecular weight excluding hydrogens is 266 g/mol. The predicted octanol–water partition coefficient (Wildman–Crippen LogP) is 1.51. The van der Waals surface area contributed by atoms with E-state index >= 15 is 0 Å². The lowest BCUT2D eigenvalue weighted by atomic mass is 10.2. The minimum Gasteiger partial charge on any atom is -0.454 e. The molecule has 1 aromatic carbocycles. The van der Waals surface area contributed by atoms with Gasteiger partial charge in [0, 0.05) is 6.54 Å². The monoisotopic (exact) mass is 277 g/mol. The van der Waals surface area contributed by atoms with Crippen LogP contribution in [-0.2, 0) is 6.54 Å². The Bertz CT molecular complexity index is 626. The molecule has 7 heteroatoms. The van der Waals surface area contributed by atoms with Crippen LogP contribution in [-0.4, -0.2) is 22.1 Å². The highest BCUT2D eigenvalue weighted by Gasteiger charge is 2.14. The molecule has 0 bridgehead atoms. The first kappa shape index (κ1) is 11.9. The van der Waals surface area contributed by atoms with Crippen molar-refractivity contribution in [3.05, 3.63) is 34.6 Å². The topological polar surface area (TPSA) is 73.3 Å². The van der Waals surface area contributed by atoms with E-state index in [4.69, 9.17) is 9.47 Å². The number of carbonyl (C=O) groups excluding carboxylic acids is 1. The molecule has 3 rings (SSSR count). The predicted molar refractivity (Wildman–Crippen MR) is 68.4 cm³/mol. The molecule has 6 nitrogen and oxygen atoms in total. The van der Waals surface area contributed by atoms with Gasteiger partial charge in [-0.3, -0.25) is 4.79 Å². The summed E-state index contributed by atoms with van der Waals surface area (Å²) in [6, 6.07) is 5.58. The Morgan fingerprint density at radius 2 is 2.26 bits per heavy atom. The zero-order valence-electron chi connectivity index (χ0n) is 10.2. The first-order valence-corrected chi connectivity index (χ1v) is 6.47. The first-order valence-electron chi connectivity index (χ1n) is 5.69. The summed E-state index contributed by atoms with van der Waals surface area (Å²) in [4.78, 5) is 15.8. The molecule has 0 atom stereocenters. The van der Waals surface area contributed by atoms with Crippen molar-refractivity contribution in [2.75, 3.05) is 6.79 Å². The number of nitrogens with one attached hydrogen (secondary N) is 1. The van der Waals surface area contributed by atoms with Gasteiger partial charge in [-0.1, -0.05) is 6.07 Å². The molecule has 0 aliphatic carbocycles. The van der Waals surface area contributed by atoms with Crippen LogP contribution in [0.2, 0.25) is 0 Å². The Balaban J connectivity index is 1.64. The molecule has 0 spiro atoms. The summed E-state index contributed by atoms with van der Waals surface area (Å²) in [6.45, 7) is 2.41. The standard InChI is InChI=1S/C12H11N3O3S/c1-7-14-12(19-15-7)11(16)13-5-8-2-3-9-10(4-8)18-6-17-9/h2-4H,5-6H2,1H3,(H,13,16). The van der Waals surface area contributed by atoms with E-state index in [0.29, 0.717) is 23.1 Å². The molecule has 2 heterocycles. The maximum Gasteiger partial charge on any atom is 0.282 e. The molecule has 19 heavy (non-hydrogen) atoms. The number of aryl methyl sites for hydroxylation is 1. The Hall–Kier alpha value is -2.15. The van der Waals surface area contributed by atoms with Crippen LogP contribution in [0, 0.1) is 6.92 Å². The van der Waals surface area contributed by atoms with Gasteiger partial charge < -0.3 is 14.8 Å². The molecule has 0 fully saturated rings. The van der Waals surface area contributed by atoms with Crippen molar-refractivity contribution in [1.29, 1.82) is 0 Å². The number of hydrogen-bond acceptors (Lipinski definition) is 6. The third-order valence-corrected chi connectivity index (χ3v) is 3.42. The Morgan fingerprint density at radius 1 is 1.42 bits per heavy atom. The molecule has 0 radical (unpaired) electrons. The highest BCUT2D eigenvalue weighted by Crippen LogP contribution is 2.32. The maximum absolute atomic E-state index is 11.8. The van der Waals surface area contributed by atoms with E-state index in [0.717, 1.165) is 22.8 Å². The molecular formula is C12H11N3O3S. The Kier molecular flexibility index (Phi) is 3.04. The van der Waals surface area contributed by atoms with Crippen LogP contribution < -0.4 is 14.8 Å². The van der Waals surface area contributed by atoms with Crippen LogP contribution in [0.25, 0.3) is 0 Å². The van der Waals surface area contributed by atoms with Gasteiger partial charge in [-0.05, 0) is 36.2 Å². The van der Waals surface area contributed by atoms with Gasteiger partial charge in [0.05, 0.1) is 0 Å². The van der Waals surface area contributed by atoms with Gasteiger partial charge >= 0.3 is 0 Å². The zero-order chi connectivity index (χ0) is 13.2. The van der Waals surface area contributed by atoms with Crippen molar-refractivity contribution in [2.45, 2.75) is 13.5 Å². The SMILES string of the molecule is Cc1nsc(C(=O)NCc2ccc3c(c2)OCO3)n1. The molecule has 0 saturated heterocycles. The minimum atomic E-state index is -0.219. The van der Waals surface area contributed by atoms with Gasteiger partial charge in [0.25, 0.3) is 5.91 Å². The molecule has 0 saturated carbocycles. The summed E-state index contributed by atoms with van der Waals surface area (Å²) in [5, 5.41) is 3.17.